The van der Waals surface area contributed by atoms with Gasteiger partial charge in [0.15, 0.2) is 0 Å². The average Bonchev–Trinajstić information content (AvgIpc) is 2.41. The molecule has 1 amide bonds. The molecule has 0 aliphatic rings. The summed E-state index contributed by atoms with van der Waals surface area (Å²) in [5.41, 5.74) is 1.12. The lowest BCUT2D eigenvalue weighted by molar-refractivity contribution is 0.0940. The number of rotatable bonds is 3. The van der Waals surface area contributed by atoms with Gasteiger partial charge >= 0.3 is 0 Å². The van der Waals surface area contributed by atoms with Gasteiger partial charge in [0, 0.05) is 15.6 Å². The number of amides is 1. The van der Waals surface area contributed by atoms with E-state index in [9.17, 15) is 9.90 Å². The van der Waals surface area contributed by atoms with E-state index < -0.39 is 0 Å². The predicted octanol–water partition coefficient (Wildman–Crippen LogP) is 4.84. The number of benzene rings is 2. The van der Waals surface area contributed by atoms with Crippen LogP contribution in [0.3, 0.4) is 0 Å². The van der Waals surface area contributed by atoms with E-state index in [1.807, 2.05) is 6.92 Å². The van der Waals surface area contributed by atoms with Crippen molar-refractivity contribution in [3.8, 4) is 5.75 Å². The van der Waals surface area contributed by atoms with Crippen LogP contribution in [0, 0.1) is 0 Å². The number of aromatic hydroxyl groups is 1. The van der Waals surface area contributed by atoms with Crippen LogP contribution < -0.4 is 5.32 Å². The summed E-state index contributed by atoms with van der Waals surface area (Å²) >= 11 is 17.7. The smallest absolute Gasteiger partial charge is 0.251 e. The normalized spacial score (nSPS) is 12.0. The molecule has 0 fully saturated rings. The Hall–Kier alpha value is -1.42. The van der Waals surface area contributed by atoms with Crippen molar-refractivity contribution >= 4 is 40.7 Å². The highest BCUT2D eigenvalue weighted by atomic mass is 35.5. The van der Waals surface area contributed by atoms with Crippen molar-refractivity contribution in [2.24, 2.45) is 0 Å². The summed E-state index contributed by atoms with van der Waals surface area (Å²) in [6, 6.07) is 9.07. The van der Waals surface area contributed by atoms with E-state index in [4.69, 9.17) is 34.8 Å². The lowest BCUT2D eigenvalue weighted by Crippen LogP contribution is -2.26. The molecule has 0 aliphatic carbocycles. The van der Waals surface area contributed by atoms with Crippen LogP contribution in [-0.2, 0) is 0 Å². The van der Waals surface area contributed by atoms with Crippen molar-refractivity contribution in [3.63, 3.8) is 0 Å². The van der Waals surface area contributed by atoms with Gasteiger partial charge in [0.25, 0.3) is 5.91 Å². The summed E-state index contributed by atoms with van der Waals surface area (Å²) in [4.78, 5) is 12.1. The summed E-state index contributed by atoms with van der Waals surface area (Å²) in [6.45, 7) is 1.81. The molecule has 0 spiro atoms. The minimum Gasteiger partial charge on any atom is -0.506 e. The van der Waals surface area contributed by atoms with Crippen LogP contribution in [-0.4, -0.2) is 11.0 Å². The zero-order valence-corrected chi connectivity index (χ0v) is 13.3. The number of nitrogens with one attached hydrogen (secondary N) is 1. The van der Waals surface area contributed by atoms with Gasteiger partial charge in [-0.2, -0.15) is 0 Å². The van der Waals surface area contributed by atoms with Gasteiger partial charge in [-0.3, -0.25) is 4.79 Å². The second-order valence-corrected chi connectivity index (χ2v) is 5.78. The number of phenols is 1. The van der Waals surface area contributed by atoms with Gasteiger partial charge in [-0.05, 0) is 42.8 Å². The topological polar surface area (TPSA) is 49.3 Å². The molecule has 6 heteroatoms. The maximum absolute atomic E-state index is 12.1. The van der Waals surface area contributed by atoms with Crippen molar-refractivity contribution < 1.29 is 9.90 Å². The standard InChI is InChI=1S/C15H12Cl3NO2/c1-8(11-4-3-10(16)7-12(11)17)19-15(21)9-2-5-14(20)13(18)6-9/h2-8,20H,1H3,(H,19,21)/t8-/m1/s1. The van der Waals surface area contributed by atoms with Crippen LogP contribution >= 0.6 is 34.8 Å². The highest BCUT2D eigenvalue weighted by Gasteiger charge is 2.15. The van der Waals surface area contributed by atoms with E-state index in [2.05, 4.69) is 5.32 Å². The van der Waals surface area contributed by atoms with Gasteiger partial charge in [-0.25, -0.2) is 0 Å². The Bertz CT molecular complexity index is 689. The second-order valence-electron chi connectivity index (χ2n) is 4.53. The summed E-state index contributed by atoms with van der Waals surface area (Å²) in [7, 11) is 0. The molecule has 1 atom stereocenters. The molecule has 2 N–H and O–H groups in total. The Balaban J connectivity index is 2.16. The molecule has 0 aliphatic heterocycles. The van der Waals surface area contributed by atoms with Crippen molar-refractivity contribution in [2.75, 3.05) is 0 Å². The third-order valence-corrected chi connectivity index (χ3v) is 3.85. The molecule has 2 rings (SSSR count). The molecule has 0 saturated heterocycles. The van der Waals surface area contributed by atoms with Crippen LogP contribution in [0.5, 0.6) is 5.75 Å². The quantitative estimate of drug-likeness (QED) is 0.836. The molecule has 2 aromatic carbocycles. The summed E-state index contributed by atoms with van der Waals surface area (Å²) in [5.74, 6) is -0.377. The first-order valence-corrected chi connectivity index (χ1v) is 7.26. The third kappa shape index (κ3) is 3.82. The number of hydrogen-bond donors (Lipinski definition) is 2. The Kier molecular flexibility index (Phi) is 4.99. The zero-order chi connectivity index (χ0) is 15.6. The van der Waals surface area contributed by atoms with Crippen molar-refractivity contribution in [1.29, 1.82) is 0 Å². The largest absolute Gasteiger partial charge is 0.506 e. The molecular weight excluding hydrogens is 333 g/mol. The fourth-order valence-electron chi connectivity index (χ4n) is 1.86. The molecule has 0 bridgehead atoms. The molecule has 110 valence electrons. The Morgan fingerprint density at radius 1 is 1.10 bits per heavy atom. The third-order valence-electron chi connectivity index (χ3n) is 2.99. The number of phenolic OH excluding ortho intramolecular Hbond substituents is 1. The molecule has 0 saturated carbocycles. The van der Waals surface area contributed by atoms with Crippen LogP contribution in [0.2, 0.25) is 15.1 Å². The summed E-state index contributed by atoms with van der Waals surface area (Å²) in [6.07, 6.45) is 0. The van der Waals surface area contributed by atoms with Gasteiger partial charge in [-0.15, -0.1) is 0 Å². The van der Waals surface area contributed by atoms with Gasteiger partial charge < -0.3 is 10.4 Å². The zero-order valence-electron chi connectivity index (χ0n) is 11.0. The van der Waals surface area contributed by atoms with Gasteiger partial charge in [0.1, 0.15) is 5.75 Å². The van der Waals surface area contributed by atoms with E-state index in [1.54, 1.807) is 18.2 Å². The second kappa shape index (κ2) is 6.56. The number of carbonyl (C=O) groups excluding carboxylic acids is 1. The van der Waals surface area contributed by atoms with E-state index in [0.717, 1.165) is 5.56 Å². The van der Waals surface area contributed by atoms with Crippen molar-refractivity contribution in [3.05, 3.63) is 62.6 Å². The highest BCUT2D eigenvalue weighted by molar-refractivity contribution is 6.35. The SMILES string of the molecule is C[C@@H](NC(=O)c1ccc(O)c(Cl)c1)c1ccc(Cl)cc1Cl. The van der Waals surface area contributed by atoms with E-state index >= 15 is 0 Å². The first kappa shape index (κ1) is 16.0. The fourth-order valence-corrected chi connectivity index (χ4v) is 2.61. The minimum absolute atomic E-state index is 0.0676. The fraction of sp³-hybridized carbons (Fsp3) is 0.133. The number of carbonyl (C=O) groups is 1. The number of hydrogen-bond acceptors (Lipinski definition) is 2. The lowest BCUT2D eigenvalue weighted by Gasteiger charge is -2.16. The summed E-state index contributed by atoms with van der Waals surface area (Å²) in [5, 5.41) is 13.3. The van der Waals surface area contributed by atoms with E-state index in [1.165, 1.54) is 18.2 Å². The molecule has 0 aromatic heterocycles. The van der Waals surface area contributed by atoms with Gasteiger partial charge in [0.2, 0.25) is 0 Å². The Morgan fingerprint density at radius 3 is 2.43 bits per heavy atom. The first-order valence-electron chi connectivity index (χ1n) is 6.13. The molecule has 21 heavy (non-hydrogen) atoms. The van der Waals surface area contributed by atoms with Crippen LogP contribution in [0.15, 0.2) is 36.4 Å². The molecule has 2 aromatic rings. The van der Waals surface area contributed by atoms with E-state index in [0.29, 0.717) is 15.6 Å². The molecule has 3 nitrogen and oxygen atoms in total. The summed E-state index contributed by atoms with van der Waals surface area (Å²) < 4.78 is 0. The van der Waals surface area contributed by atoms with Gasteiger partial charge in [0.05, 0.1) is 11.1 Å². The molecule has 0 radical (unpaired) electrons. The Morgan fingerprint density at radius 2 is 1.81 bits per heavy atom. The molecular formula is C15H12Cl3NO2. The minimum atomic E-state index is -0.310. The number of halogens is 3. The predicted molar refractivity (Wildman–Crippen MR) is 85.5 cm³/mol. The maximum Gasteiger partial charge on any atom is 0.251 e. The van der Waals surface area contributed by atoms with E-state index in [-0.39, 0.29) is 22.7 Å². The van der Waals surface area contributed by atoms with Crippen LogP contribution in [0.4, 0.5) is 0 Å². The molecule has 0 unspecified atom stereocenters. The monoisotopic (exact) mass is 343 g/mol. The molecule has 0 heterocycles. The highest BCUT2D eigenvalue weighted by Crippen LogP contribution is 2.27. The maximum atomic E-state index is 12.1. The van der Waals surface area contributed by atoms with Crippen LogP contribution in [0.1, 0.15) is 28.9 Å². The van der Waals surface area contributed by atoms with Gasteiger partial charge in [-0.1, -0.05) is 40.9 Å². The van der Waals surface area contributed by atoms with Crippen molar-refractivity contribution in [2.45, 2.75) is 13.0 Å². The Labute approximate surface area is 137 Å². The lowest BCUT2D eigenvalue weighted by atomic mass is 10.1. The van der Waals surface area contributed by atoms with Crippen molar-refractivity contribution in [1.82, 2.24) is 5.32 Å². The van der Waals surface area contributed by atoms with Crippen LogP contribution in [0.25, 0.3) is 0 Å². The first-order chi connectivity index (χ1) is 9.88. The average molecular weight is 345 g/mol.